The van der Waals surface area contributed by atoms with Gasteiger partial charge in [-0.15, -0.1) is 0 Å². The molecule has 0 radical (unpaired) electrons. The number of nitrogens with zero attached hydrogens (tertiary/aromatic N) is 2. The van der Waals surface area contributed by atoms with Crippen molar-refractivity contribution in [1.82, 2.24) is 15.2 Å². The van der Waals surface area contributed by atoms with Crippen LogP contribution in [0.5, 0.6) is 0 Å². The normalized spacial score (nSPS) is 10.7. The van der Waals surface area contributed by atoms with Gasteiger partial charge in [0.05, 0.1) is 0 Å². The summed E-state index contributed by atoms with van der Waals surface area (Å²) < 4.78 is 0. The van der Waals surface area contributed by atoms with Crippen LogP contribution in [0.2, 0.25) is 0 Å². The van der Waals surface area contributed by atoms with Crippen LogP contribution in [0.1, 0.15) is 31.8 Å². The highest BCUT2D eigenvalue weighted by Gasteiger charge is 2.10. The second kappa shape index (κ2) is 11.2. The number of aromatic nitrogens is 1. The minimum absolute atomic E-state index is 0.168. The summed E-state index contributed by atoms with van der Waals surface area (Å²) in [6, 6.07) is 26.4. The predicted octanol–water partition coefficient (Wildman–Crippen LogP) is 4.99. The summed E-state index contributed by atoms with van der Waals surface area (Å²) in [5.41, 5.74) is 5.91. The number of hydrogen-bond donors (Lipinski definition) is 2. The van der Waals surface area contributed by atoms with Gasteiger partial charge in [-0.1, -0.05) is 36.4 Å². The number of anilines is 1. The topological polar surface area (TPSA) is 74.3 Å². The molecule has 176 valence electrons. The molecule has 0 aliphatic carbocycles. The van der Waals surface area contributed by atoms with Gasteiger partial charge in [0, 0.05) is 42.3 Å². The molecule has 0 saturated carbocycles. The zero-order valence-corrected chi connectivity index (χ0v) is 19.9. The molecule has 0 bridgehead atoms. The van der Waals surface area contributed by atoms with Crippen molar-refractivity contribution in [1.29, 1.82) is 0 Å². The van der Waals surface area contributed by atoms with Crippen LogP contribution in [0.25, 0.3) is 11.1 Å². The Morgan fingerprint density at radius 1 is 0.743 bits per heavy atom. The van der Waals surface area contributed by atoms with Crippen molar-refractivity contribution in [2.45, 2.75) is 13.1 Å². The van der Waals surface area contributed by atoms with Crippen LogP contribution in [0.15, 0.2) is 97.3 Å². The second-order valence-corrected chi connectivity index (χ2v) is 8.59. The first-order valence-electron chi connectivity index (χ1n) is 11.4. The average Bonchev–Trinajstić information content (AvgIpc) is 2.88. The van der Waals surface area contributed by atoms with Crippen LogP contribution in [0, 0.1) is 0 Å². The molecule has 1 aromatic heterocycles. The maximum Gasteiger partial charge on any atom is 0.255 e. The number of carbonyl (C=O) groups is 2. The highest BCUT2D eigenvalue weighted by molar-refractivity contribution is 6.04. The third-order valence-corrected chi connectivity index (χ3v) is 5.49. The van der Waals surface area contributed by atoms with Crippen molar-refractivity contribution in [2.75, 3.05) is 19.4 Å². The Balaban J connectivity index is 1.36. The highest BCUT2D eigenvalue weighted by Crippen LogP contribution is 2.19. The summed E-state index contributed by atoms with van der Waals surface area (Å²) in [7, 11) is 4.01. The third kappa shape index (κ3) is 6.62. The number of pyridine rings is 1. The van der Waals surface area contributed by atoms with Gasteiger partial charge in [0.1, 0.15) is 0 Å². The Kier molecular flexibility index (Phi) is 7.65. The molecule has 4 rings (SSSR count). The lowest BCUT2D eigenvalue weighted by molar-refractivity contribution is 0.0950. The molecule has 0 aliphatic heterocycles. The average molecular weight is 465 g/mol. The van der Waals surface area contributed by atoms with Gasteiger partial charge in [0.2, 0.25) is 0 Å². The second-order valence-electron chi connectivity index (χ2n) is 8.59. The van der Waals surface area contributed by atoms with Crippen LogP contribution in [-0.4, -0.2) is 35.8 Å². The van der Waals surface area contributed by atoms with Crippen LogP contribution in [0.4, 0.5) is 5.69 Å². The molecule has 0 atom stereocenters. The van der Waals surface area contributed by atoms with Gasteiger partial charge in [-0.3, -0.25) is 14.6 Å². The maximum atomic E-state index is 12.8. The molecule has 3 aromatic carbocycles. The van der Waals surface area contributed by atoms with Gasteiger partial charge in [-0.2, -0.15) is 0 Å². The molecule has 2 N–H and O–H groups in total. The number of hydrogen-bond acceptors (Lipinski definition) is 4. The summed E-state index contributed by atoms with van der Waals surface area (Å²) >= 11 is 0. The first kappa shape index (κ1) is 23.9. The summed E-state index contributed by atoms with van der Waals surface area (Å²) in [5.74, 6) is -0.356. The Labute approximate surface area is 205 Å². The van der Waals surface area contributed by atoms with Crippen LogP contribution >= 0.6 is 0 Å². The van der Waals surface area contributed by atoms with E-state index in [1.165, 1.54) is 0 Å². The molecule has 0 unspecified atom stereocenters. The summed E-state index contributed by atoms with van der Waals surface area (Å²) in [5, 5.41) is 5.89. The lowest BCUT2D eigenvalue weighted by Crippen LogP contribution is -2.23. The van der Waals surface area contributed by atoms with Gasteiger partial charge in [0.25, 0.3) is 11.8 Å². The van der Waals surface area contributed by atoms with E-state index in [0.29, 0.717) is 17.7 Å². The molecule has 4 aromatic rings. The van der Waals surface area contributed by atoms with Crippen LogP contribution < -0.4 is 10.6 Å². The van der Waals surface area contributed by atoms with Crippen molar-refractivity contribution < 1.29 is 9.59 Å². The van der Waals surface area contributed by atoms with Crippen molar-refractivity contribution in [3.63, 3.8) is 0 Å². The summed E-state index contributed by atoms with van der Waals surface area (Å²) in [6.07, 6.45) is 3.49. The van der Waals surface area contributed by atoms with Gasteiger partial charge in [-0.25, -0.2) is 0 Å². The first-order chi connectivity index (χ1) is 17.0. The Morgan fingerprint density at radius 3 is 2.17 bits per heavy atom. The fourth-order valence-electron chi connectivity index (χ4n) is 3.78. The molecule has 6 nitrogen and oxygen atoms in total. The Hall–Kier alpha value is -4.29. The van der Waals surface area contributed by atoms with Gasteiger partial charge < -0.3 is 15.5 Å². The minimum atomic E-state index is -0.188. The van der Waals surface area contributed by atoms with Crippen molar-refractivity contribution in [2.24, 2.45) is 0 Å². The van der Waals surface area contributed by atoms with E-state index in [0.717, 1.165) is 34.5 Å². The number of nitrogens with one attached hydrogen (secondary N) is 2. The van der Waals surface area contributed by atoms with E-state index in [4.69, 9.17) is 0 Å². The Morgan fingerprint density at radius 2 is 1.43 bits per heavy atom. The third-order valence-electron chi connectivity index (χ3n) is 5.49. The Bertz CT molecular complexity index is 1300. The van der Waals surface area contributed by atoms with Crippen LogP contribution in [-0.2, 0) is 13.1 Å². The molecule has 35 heavy (non-hydrogen) atoms. The molecule has 6 heteroatoms. The maximum absolute atomic E-state index is 12.8. The largest absolute Gasteiger partial charge is 0.348 e. The van der Waals surface area contributed by atoms with E-state index in [1.807, 2.05) is 74.8 Å². The monoisotopic (exact) mass is 464 g/mol. The smallest absolute Gasteiger partial charge is 0.255 e. The number of amides is 2. The van der Waals surface area contributed by atoms with E-state index < -0.39 is 0 Å². The molecule has 0 aliphatic rings. The standard InChI is InChI=1S/C29H28N4O2/c1-33(2)20-22-6-4-8-27(18-22)32-29(35)26-7-3-5-21(17-26)19-31-28(34)25-11-9-23(10-12-25)24-13-15-30-16-14-24/h3-18H,19-20H2,1-2H3,(H,31,34)(H,32,35). The molecule has 0 saturated heterocycles. The van der Waals surface area contributed by atoms with E-state index in [-0.39, 0.29) is 11.8 Å². The molecule has 0 spiro atoms. The molecular weight excluding hydrogens is 436 g/mol. The predicted molar refractivity (Wildman–Crippen MR) is 139 cm³/mol. The van der Waals surface area contributed by atoms with E-state index in [2.05, 4.69) is 20.5 Å². The zero-order valence-electron chi connectivity index (χ0n) is 19.9. The highest BCUT2D eigenvalue weighted by atomic mass is 16.2. The minimum Gasteiger partial charge on any atom is -0.348 e. The van der Waals surface area contributed by atoms with Crippen molar-refractivity contribution in [3.8, 4) is 11.1 Å². The number of rotatable bonds is 8. The van der Waals surface area contributed by atoms with Gasteiger partial charge in [0.15, 0.2) is 0 Å². The number of benzene rings is 3. The van der Waals surface area contributed by atoms with E-state index in [1.54, 1.807) is 36.7 Å². The summed E-state index contributed by atoms with van der Waals surface area (Å²) in [4.78, 5) is 31.5. The summed E-state index contributed by atoms with van der Waals surface area (Å²) in [6.45, 7) is 1.12. The van der Waals surface area contributed by atoms with Crippen molar-refractivity contribution >= 4 is 17.5 Å². The van der Waals surface area contributed by atoms with Crippen LogP contribution in [0.3, 0.4) is 0 Å². The van der Waals surface area contributed by atoms with Gasteiger partial charge >= 0.3 is 0 Å². The molecule has 2 amide bonds. The molecule has 0 fully saturated rings. The molecule has 1 heterocycles. The number of carbonyl (C=O) groups excluding carboxylic acids is 2. The van der Waals surface area contributed by atoms with Gasteiger partial charge in [-0.05, 0) is 84.9 Å². The quantitative estimate of drug-likeness (QED) is 0.385. The lowest BCUT2D eigenvalue weighted by atomic mass is 10.0. The van der Waals surface area contributed by atoms with E-state index in [9.17, 15) is 9.59 Å². The SMILES string of the molecule is CN(C)Cc1cccc(NC(=O)c2cccc(CNC(=O)c3ccc(-c4ccncc4)cc3)c2)c1. The fraction of sp³-hybridized carbons (Fsp3) is 0.138. The van der Waals surface area contributed by atoms with E-state index >= 15 is 0 Å². The lowest BCUT2D eigenvalue weighted by Gasteiger charge is -2.12. The first-order valence-corrected chi connectivity index (χ1v) is 11.4. The van der Waals surface area contributed by atoms with Crippen molar-refractivity contribution in [3.05, 3.63) is 120 Å². The fourth-order valence-corrected chi connectivity index (χ4v) is 3.78. The zero-order chi connectivity index (χ0) is 24.6. The molecular formula is C29H28N4O2.